The number of rotatable bonds is 5. The molecule has 0 aliphatic carbocycles. The number of piperidine rings is 1. The van der Waals surface area contributed by atoms with E-state index in [0.29, 0.717) is 44.1 Å². The van der Waals surface area contributed by atoms with Crippen LogP contribution in [0.25, 0.3) is 0 Å². The first-order chi connectivity index (χ1) is 14.9. The summed E-state index contributed by atoms with van der Waals surface area (Å²) in [6.45, 7) is 1.81. The van der Waals surface area contributed by atoms with Gasteiger partial charge in [-0.2, -0.15) is 4.31 Å². The normalized spacial score (nSPS) is 17.4. The van der Waals surface area contributed by atoms with Gasteiger partial charge in [-0.3, -0.25) is 4.79 Å². The lowest BCUT2D eigenvalue weighted by atomic mass is 9.96. The second kappa shape index (κ2) is 8.84. The zero-order chi connectivity index (χ0) is 22.0. The topological polar surface area (TPSA) is 76.2 Å². The fourth-order valence-electron chi connectivity index (χ4n) is 3.99. The molecule has 4 rings (SSSR count). The van der Waals surface area contributed by atoms with Crippen LogP contribution >= 0.6 is 0 Å². The third kappa shape index (κ3) is 4.52. The summed E-state index contributed by atoms with van der Waals surface area (Å²) < 4.78 is 51.8. The molecule has 2 aliphatic heterocycles. The van der Waals surface area contributed by atoms with E-state index in [4.69, 9.17) is 9.47 Å². The molecule has 0 spiro atoms. The average Bonchev–Trinajstić information content (AvgIpc) is 2.78. The van der Waals surface area contributed by atoms with Gasteiger partial charge >= 0.3 is 0 Å². The molecule has 1 fully saturated rings. The highest BCUT2D eigenvalue weighted by Gasteiger charge is 2.34. The van der Waals surface area contributed by atoms with Crippen molar-refractivity contribution in [1.82, 2.24) is 9.21 Å². The maximum absolute atomic E-state index is 14.0. The van der Waals surface area contributed by atoms with Crippen LogP contribution in [-0.4, -0.2) is 56.9 Å². The largest absolute Gasteiger partial charge is 0.486 e. The van der Waals surface area contributed by atoms with Gasteiger partial charge in [0.1, 0.15) is 23.9 Å². The van der Waals surface area contributed by atoms with Gasteiger partial charge in [-0.25, -0.2) is 12.8 Å². The van der Waals surface area contributed by atoms with Gasteiger partial charge in [0.2, 0.25) is 15.9 Å². The molecule has 166 valence electrons. The number of hydrogen-bond acceptors (Lipinski definition) is 5. The summed E-state index contributed by atoms with van der Waals surface area (Å²) in [5, 5.41) is 0. The molecular formula is C22H25FN2O5S. The fraction of sp³-hybridized carbons (Fsp3) is 0.409. The first-order valence-electron chi connectivity index (χ1n) is 10.2. The van der Waals surface area contributed by atoms with Gasteiger partial charge in [-0.1, -0.05) is 18.2 Å². The van der Waals surface area contributed by atoms with Crippen molar-refractivity contribution >= 4 is 15.9 Å². The summed E-state index contributed by atoms with van der Waals surface area (Å²) in [6, 6.07) is 11.0. The van der Waals surface area contributed by atoms with Crippen molar-refractivity contribution in [2.75, 3.05) is 33.4 Å². The van der Waals surface area contributed by atoms with Crippen molar-refractivity contribution in [1.29, 1.82) is 0 Å². The van der Waals surface area contributed by atoms with Crippen LogP contribution in [0.4, 0.5) is 4.39 Å². The Morgan fingerprint density at radius 3 is 2.48 bits per heavy atom. The molecule has 0 atom stereocenters. The predicted octanol–water partition coefficient (Wildman–Crippen LogP) is 2.66. The van der Waals surface area contributed by atoms with Gasteiger partial charge in [0, 0.05) is 32.6 Å². The average molecular weight is 449 g/mol. The van der Waals surface area contributed by atoms with Gasteiger partial charge in [0.15, 0.2) is 11.5 Å². The Hall–Kier alpha value is -2.65. The molecule has 0 radical (unpaired) electrons. The number of halogens is 1. The van der Waals surface area contributed by atoms with Crippen molar-refractivity contribution in [3.63, 3.8) is 0 Å². The summed E-state index contributed by atoms with van der Waals surface area (Å²) in [4.78, 5) is 14.2. The minimum absolute atomic E-state index is 0.0298. The lowest BCUT2D eigenvalue weighted by Gasteiger charge is -2.32. The quantitative estimate of drug-likeness (QED) is 0.703. The lowest BCUT2D eigenvalue weighted by molar-refractivity contribution is -0.135. The summed E-state index contributed by atoms with van der Waals surface area (Å²) in [5.74, 6) is 0.315. The summed E-state index contributed by atoms with van der Waals surface area (Å²) in [5.41, 5.74) is 0.930. The van der Waals surface area contributed by atoms with E-state index in [-0.39, 0.29) is 29.8 Å². The minimum atomic E-state index is -3.91. The first-order valence-corrected chi connectivity index (χ1v) is 11.7. The van der Waals surface area contributed by atoms with Crippen LogP contribution in [0.15, 0.2) is 47.4 Å². The number of benzene rings is 2. The highest BCUT2D eigenvalue weighted by molar-refractivity contribution is 7.89. The summed E-state index contributed by atoms with van der Waals surface area (Å²) in [7, 11) is -2.17. The highest BCUT2D eigenvalue weighted by Crippen LogP contribution is 2.31. The Bertz CT molecular complexity index is 1070. The Morgan fingerprint density at radius 2 is 1.77 bits per heavy atom. The van der Waals surface area contributed by atoms with Gasteiger partial charge in [-0.15, -0.1) is 0 Å². The molecule has 2 aromatic carbocycles. The van der Waals surface area contributed by atoms with E-state index >= 15 is 0 Å². The second-order valence-electron chi connectivity index (χ2n) is 7.78. The molecule has 0 saturated carbocycles. The highest BCUT2D eigenvalue weighted by atomic mass is 32.2. The van der Waals surface area contributed by atoms with E-state index in [1.807, 2.05) is 18.2 Å². The molecule has 2 aromatic rings. The molecule has 1 amide bonds. The fourth-order valence-corrected chi connectivity index (χ4v) is 5.52. The third-order valence-electron chi connectivity index (χ3n) is 5.66. The van der Waals surface area contributed by atoms with Crippen molar-refractivity contribution < 1.29 is 27.1 Å². The van der Waals surface area contributed by atoms with Crippen molar-refractivity contribution in [2.45, 2.75) is 24.3 Å². The van der Waals surface area contributed by atoms with E-state index < -0.39 is 15.8 Å². The van der Waals surface area contributed by atoms with Crippen molar-refractivity contribution in [2.24, 2.45) is 5.92 Å². The Labute approximate surface area is 181 Å². The molecule has 2 heterocycles. The van der Waals surface area contributed by atoms with E-state index in [9.17, 15) is 17.6 Å². The Morgan fingerprint density at radius 1 is 1.10 bits per heavy atom. The van der Waals surface area contributed by atoms with Gasteiger partial charge < -0.3 is 14.4 Å². The molecule has 9 heteroatoms. The third-order valence-corrected chi connectivity index (χ3v) is 7.59. The van der Waals surface area contributed by atoms with Crippen LogP contribution in [0.3, 0.4) is 0 Å². The molecule has 0 N–H and O–H groups in total. The molecule has 7 nitrogen and oxygen atoms in total. The van der Waals surface area contributed by atoms with E-state index in [0.717, 1.165) is 11.6 Å². The van der Waals surface area contributed by atoms with E-state index in [2.05, 4.69) is 0 Å². The van der Waals surface area contributed by atoms with Crippen LogP contribution in [0, 0.1) is 11.7 Å². The Balaban J connectivity index is 1.36. The molecule has 31 heavy (non-hydrogen) atoms. The predicted molar refractivity (Wildman–Crippen MR) is 112 cm³/mol. The SMILES string of the molecule is CN(Cc1ccc2c(c1)OCCO2)C(=O)C1CCN(S(=O)(=O)c2ccccc2F)CC1. The molecule has 1 saturated heterocycles. The smallest absolute Gasteiger partial charge is 0.245 e. The van der Waals surface area contributed by atoms with Crippen molar-refractivity contribution in [3.8, 4) is 11.5 Å². The molecule has 0 bridgehead atoms. The number of carbonyl (C=O) groups is 1. The lowest BCUT2D eigenvalue weighted by Crippen LogP contribution is -2.43. The molecule has 0 aromatic heterocycles. The van der Waals surface area contributed by atoms with E-state index in [1.54, 1.807) is 11.9 Å². The number of nitrogens with zero attached hydrogens (tertiary/aromatic N) is 2. The molecule has 2 aliphatic rings. The van der Waals surface area contributed by atoms with Gasteiger partial charge in [-0.05, 0) is 42.7 Å². The number of fused-ring (bicyclic) bond motifs is 1. The van der Waals surface area contributed by atoms with E-state index in [1.165, 1.54) is 22.5 Å². The van der Waals surface area contributed by atoms with Crippen LogP contribution in [0.5, 0.6) is 11.5 Å². The number of carbonyl (C=O) groups excluding carboxylic acids is 1. The van der Waals surface area contributed by atoms with Crippen LogP contribution in [-0.2, 0) is 21.4 Å². The molecule has 0 unspecified atom stereocenters. The van der Waals surface area contributed by atoms with Gasteiger partial charge in [0.25, 0.3) is 0 Å². The van der Waals surface area contributed by atoms with Gasteiger partial charge in [0.05, 0.1) is 0 Å². The van der Waals surface area contributed by atoms with Crippen LogP contribution in [0.2, 0.25) is 0 Å². The monoisotopic (exact) mass is 448 g/mol. The first kappa shape index (κ1) is 21.6. The zero-order valence-corrected chi connectivity index (χ0v) is 18.1. The number of amides is 1. The number of sulfonamides is 1. The van der Waals surface area contributed by atoms with Crippen molar-refractivity contribution in [3.05, 3.63) is 53.8 Å². The second-order valence-corrected chi connectivity index (χ2v) is 9.69. The Kier molecular flexibility index (Phi) is 6.15. The molecular weight excluding hydrogens is 423 g/mol. The maximum Gasteiger partial charge on any atom is 0.245 e. The number of hydrogen-bond donors (Lipinski definition) is 0. The number of ether oxygens (including phenoxy) is 2. The zero-order valence-electron chi connectivity index (χ0n) is 17.3. The minimum Gasteiger partial charge on any atom is -0.486 e. The van der Waals surface area contributed by atoms with Crippen LogP contribution < -0.4 is 9.47 Å². The van der Waals surface area contributed by atoms with Crippen LogP contribution in [0.1, 0.15) is 18.4 Å². The maximum atomic E-state index is 14.0. The summed E-state index contributed by atoms with van der Waals surface area (Å²) >= 11 is 0. The standard InChI is InChI=1S/C22H25FN2O5S/c1-24(15-16-6-7-19-20(14-16)30-13-12-29-19)22(26)17-8-10-25(11-9-17)31(27,28)21-5-3-2-4-18(21)23/h2-7,14,17H,8-13,15H2,1H3. The summed E-state index contributed by atoms with van der Waals surface area (Å²) in [6.07, 6.45) is 0.802.